The summed E-state index contributed by atoms with van der Waals surface area (Å²) in [4.78, 5) is 60.0. The maximum atomic E-state index is 13.1. The zero-order chi connectivity index (χ0) is 30.3. The molecule has 1 heterocycles. The van der Waals surface area contributed by atoms with Crippen LogP contribution in [0.15, 0.2) is 24.0 Å². The van der Waals surface area contributed by atoms with E-state index in [2.05, 4.69) is 5.32 Å². The predicted octanol–water partition coefficient (Wildman–Crippen LogP) is 0.964. The molecule has 1 aromatic rings. The molecule has 13 heteroatoms. The van der Waals surface area contributed by atoms with E-state index in [9.17, 15) is 39.3 Å². The molecule has 4 rings (SSSR count). The number of carboxylic acids is 2. The molecular weight excluding hydrogens is 542 g/mol. The number of aliphatic hydroxyl groups is 1. The fraction of sp³-hybridized carbons (Fsp3) is 0.536. The molecule has 222 valence electrons. The Hall–Kier alpha value is -3.97. The highest BCUT2D eigenvalue weighted by atomic mass is 16.6. The fourth-order valence-corrected chi connectivity index (χ4v) is 6.51. The average molecular weight is 576 g/mol. The highest BCUT2D eigenvalue weighted by Gasteiger charge is 2.69. The standard InChI is InChI=1S/C28H33NO12/c1-4-27-22-14-5-6-16(31)23(22)41-24(27)17(7-8-28(27,38)19(10-14)29-3)39-21(34)11-15(9-13(2)30)26(37)40-18(25(35)36)12-20(32)33/h5-7,15,18-19,24,29,31,38H,4,8-12H2,1-3H3,(H,32,33)(H,35,36)/t15-,18-,19+,24-,27-,28+/m0/s1. The number of aromatic hydroxyl groups is 1. The normalized spacial score (nSPS) is 27.0. The van der Waals surface area contributed by atoms with Crippen LogP contribution in [0.25, 0.3) is 0 Å². The van der Waals surface area contributed by atoms with Crippen molar-refractivity contribution in [2.24, 2.45) is 5.92 Å². The van der Waals surface area contributed by atoms with Crippen molar-refractivity contribution in [2.75, 3.05) is 7.05 Å². The first-order valence-electron chi connectivity index (χ1n) is 13.3. The smallest absolute Gasteiger partial charge is 0.345 e. The van der Waals surface area contributed by atoms with Crippen molar-refractivity contribution in [1.82, 2.24) is 5.32 Å². The van der Waals surface area contributed by atoms with Gasteiger partial charge in [-0.1, -0.05) is 13.0 Å². The molecule has 41 heavy (non-hydrogen) atoms. The van der Waals surface area contributed by atoms with E-state index in [1.807, 2.05) is 6.92 Å². The van der Waals surface area contributed by atoms with Crippen molar-refractivity contribution in [2.45, 2.75) is 81.6 Å². The third-order valence-electron chi connectivity index (χ3n) is 8.31. The van der Waals surface area contributed by atoms with Gasteiger partial charge in [-0.2, -0.15) is 0 Å². The first kappa shape index (κ1) is 30.0. The largest absolute Gasteiger partial charge is 0.504 e. The topological polar surface area (TPSA) is 206 Å². The summed E-state index contributed by atoms with van der Waals surface area (Å²) >= 11 is 0. The Kier molecular flexibility index (Phi) is 8.14. The molecule has 3 aliphatic rings. The van der Waals surface area contributed by atoms with Gasteiger partial charge in [0.25, 0.3) is 0 Å². The number of carboxylic acid groups (broad SMARTS) is 2. The Bertz CT molecular complexity index is 1320. The average Bonchev–Trinajstić information content (AvgIpc) is 3.27. The molecule has 0 unspecified atom stereocenters. The monoisotopic (exact) mass is 575 g/mol. The molecule has 6 atom stereocenters. The molecule has 2 aliphatic carbocycles. The number of rotatable bonds is 12. The highest BCUT2D eigenvalue weighted by molar-refractivity contribution is 5.88. The van der Waals surface area contributed by atoms with Crippen molar-refractivity contribution >= 4 is 29.7 Å². The van der Waals surface area contributed by atoms with Crippen LogP contribution in [0.5, 0.6) is 11.5 Å². The van der Waals surface area contributed by atoms with Gasteiger partial charge in [0.15, 0.2) is 17.6 Å². The van der Waals surface area contributed by atoms with E-state index in [1.54, 1.807) is 13.1 Å². The Morgan fingerprint density at radius 2 is 1.85 bits per heavy atom. The Morgan fingerprint density at radius 1 is 1.15 bits per heavy atom. The van der Waals surface area contributed by atoms with Crippen LogP contribution in [0, 0.1) is 5.92 Å². The van der Waals surface area contributed by atoms with Crippen LogP contribution in [0.4, 0.5) is 0 Å². The maximum Gasteiger partial charge on any atom is 0.345 e. The number of hydrogen-bond donors (Lipinski definition) is 5. The van der Waals surface area contributed by atoms with Crippen LogP contribution >= 0.6 is 0 Å². The lowest BCUT2D eigenvalue weighted by Gasteiger charge is -2.56. The van der Waals surface area contributed by atoms with Crippen molar-refractivity contribution in [3.05, 3.63) is 35.1 Å². The van der Waals surface area contributed by atoms with E-state index in [-0.39, 0.29) is 29.7 Å². The van der Waals surface area contributed by atoms with Gasteiger partial charge < -0.3 is 44.7 Å². The molecule has 0 fully saturated rings. The molecule has 0 aromatic heterocycles. The van der Waals surface area contributed by atoms with Crippen molar-refractivity contribution in [3.63, 3.8) is 0 Å². The summed E-state index contributed by atoms with van der Waals surface area (Å²) in [5.74, 6) is -7.18. The maximum absolute atomic E-state index is 13.1. The molecule has 0 saturated carbocycles. The SMILES string of the molecule is CC[C@]12c3c4ccc(O)c3O[C@H]1C(OC(=O)C[C@H](CC(C)=O)C(=O)O[C@@H](CC(=O)O)C(=O)O)=CC[C@@]2(O)[C@H](NC)C4. The van der Waals surface area contributed by atoms with Crippen molar-refractivity contribution in [1.29, 1.82) is 0 Å². The van der Waals surface area contributed by atoms with Crippen LogP contribution in [0.2, 0.25) is 0 Å². The Balaban J connectivity index is 1.60. The number of ether oxygens (including phenoxy) is 3. The van der Waals surface area contributed by atoms with Gasteiger partial charge in [-0.15, -0.1) is 0 Å². The van der Waals surface area contributed by atoms with E-state index in [0.717, 1.165) is 5.56 Å². The summed E-state index contributed by atoms with van der Waals surface area (Å²) in [6.45, 7) is 3.03. The Morgan fingerprint density at radius 3 is 2.44 bits per heavy atom. The lowest BCUT2D eigenvalue weighted by molar-refractivity contribution is -0.171. The number of esters is 2. The quantitative estimate of drug-likeness (QED) is 0.221. The molecule has 13 nitrogen and oxygen atoms in total. The summed E-state index contributed by atoms with van der Waals surface area (Å²) in [5, 5.41) is 44.0. The molecule has 1 aromatic carbocycles. The number of phenolic OH excluding ortho intramolecular Hbond substituents is 1. The number of hydrogen-bond acceptors (Lipinski definition) is 11. The van der Waals surface area contributed by atoms with Crippen molar-refractivity contribution in [3.8, 4) is 11.5 Å². The van der Waals surface area contributed by atoms with Gasteiger partial charge in [0.2, 0.25) is 6.10 Å². The number of carbonyl (C=O) groups excluding carboxylic acids is 3. The fourth-order valence-electron chi connectivity index (χ4n) is 6.51. The van der Waals surface area contributed by atoms with Crippen LogP contribution in [-0.2, 0) is 45.3 Å². The number of carbonyl (C=O) groups is 5. The first-order valence-corrected chi connectivity index (χ1v) is 13.3. The zero-order valence-corrected chi connectivity index (χ0v) is 22.8. The second kappa shape index (κ2) is 11.1. The Labute approximate surface area is 235 Å². The number of aliphatic carboxylic acids is 2. The second-order valence-corrected chi connectivity index (χ2v) is 10.7. The molecule has 0 radical (unpaired) electrons. The highest BCUT2D eigenvalue weighted by Crippen LogP contribution is 2.63. The summed E-state index contributed by atoms with van der Waals surface area (Å²) in [6, 6.07) is 2.90. The van der Waals surface area contributed by atoms with Crippen LogP contribution in [0.1, 0.15) is 57.1 Å². The number of likely N-dealkylation sites (N-methyl/N-ethyl adjacent to an activating group) is 1. The van der Waals surface area contributed by atoms with Gasteiger partial charge in [0.1, 0.15) is 11.5 Å². The number of ketones is 1. The molecule has 0 spiro atoms. The van der Waals surface area contributed by atoms with Gasteiger partial charge in [-0.05, 0) is 44.5 Å². The van der Waals surface area contributed by atoms with E-state index in [1.165, 1.54) is 19.1 Å². The van der Waals surface area contributed by atoms with E-state index in [0.29, 0.717) is 18.4 Å². The molecule has 0 amide bonds. The van der Waals surface area contributed by atoms with E-state index in [4.69, 9.17) is 19.3 Å². The van der Waals surface area contributed by atoms with Crippen molar-refractivity contribution < 1.29 is 58.6 Å². The van der Waals surface area contributed by atoms with Gasteiger partial charge in [0, 0.05) is 24.4 Å². The number of phenols is 1. The van der Waals surface area contributed by atoms with E-state index >= 15 is 0 Å². The van der Waals surface area contributed by atoms with Crippen LogP contribution < -0.4 is 10.1 Å². The third kappa shape index (κ3) is 5.04. The number of benzene rings is 1. The zero-order valence-electron chi connectivity index (χ0n) is 22.8. The molecular formula is C28H33NO12. The summed E-state index contributed by atoms with van der Waals surface area (Å²) in [6.07, 6.45) is -2.71. The minimum atomic E-state index is -2.01. The molecule has 5 N–H and O–H groups in total. The van der Waals surface area contributed by atoms with Gasteiger partial charge in [0.05, 0.1) is 29.8 Å². The lowest BCUT2D eigenvalue weighted by atomic mass is 9.52. The summed E-state index contributed by atoms with van der Waals surface area (Å²) < 4.78 is 16.7. The van der Waals surface area contributed by atoms with Crippen LogP contribution in [-0.4, -0.2) is 81.0 Å². The summed E-state index contributed by atoms with van der Waals surface area (Å²) in [7, 11) is 1.74. The first-order chi connectivity index (χ1) is 19.3. The lowest BCUT2D eigenvalue weighted by Crippen LogP contribution is -2.70. The molecule has 0 saturated heterocycles. The third-order valence-corrected chi connectivity index (χ3v) is 8.31. The van der Waals surface area contributed by atoms with Crippen LogP contribution in [0.3, 0.4) is 0 Å². The van der Waals surface area contributed by atoms with Gasteiger partial charge >= 0.3 is 23.9 Å². The second-order valence-electron chi connectivity index (χ2n) is 10.7. The number of Topliss-reactive ketones (excluding diaryl/α,β-unsaturated/α-hetero) is 1. The van der Waals surface area contributed by atoms with Gasteiger partial charge in [-0.3, -0.25) is 14.4 Å². The minimum absolute atomic E-state index is 0.0593. The summed E-state index contributed by atoms with van der Waals surface area (Å²) in [5.41, 5.74) is -0.926. The number of nitrogens with one attached hydrogen (secondary N) is 1. The van der Waals surface area contributed by atoms with E-state index < -0.39 is 78.1 Å². The van der Waals surface area contributed by atoms with Gasteiger partial charge in [-0.25, -0.2) is 4.79 Å². The predicted molar refractivity (Wildman–Crippen MR) is 138 cm³/mol. The molecule has 1 aliphatic heterocycles. The minimum Gasteiger partial charge on any atom is -0.504 e. The molecule has 0 bridgehead atoms.